The second-order valence-corrected chi connectivity index (χ2v) is 7.59. The molecule has 20 heavy (non-hydrogen) atoms. The Hall–Kier alpha value is -1.06. The van der Waals surface area contributed by atoms with E-state index in [0.29, 0.717) is 0 Å². The standard InChI is InChI=1S/C16H28O4/c1-9(2)11(17)19-13-15(5,6)14(16(13,7)8)20-12(18)10(3)4/h9-10,13-14H,1-8H3. The van der Waals surface area contributed by atoms with Crippen molar-refractivity contribution in [2.75, 3.05) is 0 Å². The molecule has 0 radical (unpaired) electrons. The van der Waals surface area contributed by atoms with Crippen molar-refractivity contribution in [2.24, 2.45) is 22.7 Å². The zero-order chi connectivity index (χ0) is 15.9. The van der Waals surface area contributed by atoms with Gasteiger partial charge in [-0.25, -0.2) is 0 Å². The zero-order valence-corrected chi connectivity index (χ0v) is 13.9. The molecule has 116 valence electrons. The highest BCUT2D eigenvalue weighted by Gasteiger charge is 2.66. The van der Waals surface area contributed by atoms with Crippen LogP contribution in [0, 0.1) is 22.7 Å². The van der Waals surface area contributed by atoms with E-state index >= 15 is 0 Å². The third-order valence-electron chi connectivity index (χ3n) is 4.11. The predicted molar refractivity (Wildman–Crippen MR) is 77.0 cm³/mol. The number of esters is 2. The summed E-state index contributed by atoms with van der Waals surface area (Å²) < 4.78 is 11.2. The fraction of sp³-hybridized carbons (Fsp3) is 0.875. The van der Waals surface area contributed by atoms with Gasteiger partial charge in [-0.3, -0.25) is 9.59 Å². The quantitative estimate of drug-likeness (QED) is 0.744. The highest BCUT2D eigenvalue weighted by molar-refractivity contribution is 5.73. The second-order valence-electron chi connectivity index (χ2n) is 7.59. The Balaban J connectivity index is 2.84. The van der Waals surface area contributed by atoms with E-state index in [1.165, 1.54) is 0 Å². The van der Waals surface area contributed by atoms with E-state index in [4.69, 9.17) is 9.47 Å². The topological polar surface area (TPSA) is 52.6 Å². The SMILES string of the molecule is CC(C)C(=O)OC1C(C)(C)C(OC(=O)C(C)C)C1(C)C. The Morgan fingerprint density at radius 1 is 0.750 bits per heavy atom. The average molecular weight is 284 g/mol. The normalized spacial score (nSPS) is 27.1. The van der Waals surface area contributed by atoms with Crippen molar-refractivity contribution >= 4 is 11.9 Å². The monoisotopic (exact) mass is 284 g/mol. The van der Waals surface area contributed by atoms with E-state index in [0.717, 1.165) is 0 Å². The highest BCUT2D eigenvalue weighted by Crippen LogP contribution is 2.57. The molecule has 0 aromatic rings. The molecule has 0 atom stereocenters. The second kappa shape index (κ2) is 5.38. The fourth-order valence-electron chi connectivity index (χ4n) is 3.21. The minimum atomic E-state index is -0.362. The third kappa shape index (κ3) is 2.84. The number of carbonyl (C=O) groups excluding carboxylic acids is 2. The van der Waals surface area contributed by atoms with E-state index < -0.39 is 0 Å². The van der Waals surface area contributed by atoms with Crippen LogP contribution in [-0.4, -0.2) is 24.1 Å². The molecule has 1 aliphatic rings. The van der Waals surface area contributed by atoms with Crippen LogP contribution in [0.2, 0.25) is 0 Å². The van der Waals surface area contributed by atoms with Crippen molar-refractivity contribution in [3.8, 4) is 0 Å². The summed E-state index contributed by atoms with van der Waals surface area (Å²) in [4.78, 5) is 23.7. The van der Waals surface area contributed by atoms with Gasteiger partial charge in [-0.2, -0.15) is 0 Å². The highest BCUT2D eigenvalue weighted by atomic mass is 16.6. The van der Waals surface area contributed by atoms with Gasteiger partial charge in [0.05, 0.1) is 11.8 Å². The first-order chi connectivity index (χ1) is 8.92. The van der Waals surface area contributed by atoms with Crippen LogP contribution in [0.5, 0.6) is 0 Å². The lowest BCUT2D eigenvalue weighted by atomic mass is 9.51. The summed E-state index contributed by atoms with van der Waals surface area (Å²) in [5.74, 6) is -0.715. The Labute approximate surface area is 122 Å². The lowest BCUT2D eigenvalue weighted by molar-refractivity contribution is -0.270. The summed E-state index contributed by atoms with van der Waals surface area (Å²) in [6.07, 6.45) is -0.482. The molecule has 1 saturated carbocycles. The van der Waals surface area contributed by atoms with Gasteiger partial charge in [-0.1, -0.05) is 55.4 Å². The molecule has 0 aromatic heterocycles. The summed E-state index contributed by atoms with van der Waals surface area (Å²) >= 11 is 0. The summed E-state index contributed by atoms with van der Waals surface area (Å²) in [7, 11) is 0. The smallest absolute Gasteiger partial charge is 0.308 e. The van der Waals surface area contributed by atoms with Gasteiger partial charge in [-0.15, -0.1) is 0 Å². The molecular weight excluding hydrogens is 256 g/mol. The van der Waals surface area contributed by atoms with Crippen molar-refractivity contribution in [3.63, 3.8) is 0 Å². The molecule has 0 bridgehead atoms. The van der Waals surface area contributed by atoms with Gasteiger partial charge < -0.3 is 9.47 Å². The minimum Gasteiger partial charge on any atom is -0.461 e. The maximum absolute atomic E-state index is 11.8. The molecule has 0 heterocycles. The van der Waals surface area contributed by atoms with Crippen LogP contribution >= 0.6 is 0 Å². The zero-order valence-electron chi connectivity index (χ0n) is 13.9. The average Bonchev–Trinajstić information content (AvgIpc) is 2.30. The van der Waals surface area contributed by atoms with Crippen molar-refractivity contribution in [2.45, 2.75) is 67.6 Å². The van der Waals surface area contributed by atoms with E-state index in [9.17, 15) is 9.59 Å². The van der Waals surface area contributed by atoms with E-state index in [1.807, 2.05) is 55.4 Å². The largest absolute Gasteiger partial charge is 0.461 e. The molecule has 0 saturated heterocycles. The minimum absolute atomic E-state index is 0.154. The van der Waals surface area contributed by atoms with Gasteiger partial charge >= 0.3 is 11.9 Å². The van der Waals surface area contributed by atoms with Crippen molar-refractivity contribution < 1.29 is 19.1 Å². The molecule has 0 spiro atoms. The van der Waals surface area contributed by atoms with Gasteiger partial charge in [0, 0.05) is 10.8 Å². The van der Waals surface area contributed by atoms with Crippen LogP contribution in [-0.2, 0) is 19.1 Å². The number of rotatable bonds is 4. The molecule has 0 aliphatic heterocycles. The van der Waals surface area contributed by atoms with Gasteiger partial charge in [-0.05, 0) is 0 Å². The summed E-state index contributed by atoms with van der Waals surface area (Å²) in [6.45, 7) is 15.2. The van der Waals surface area contributed by atoms with Crippen molar-refractivity contribution in [1.29, 1.82) is 0 Å². The van der Waals surface area contributed by atoms with E-state index in [2.05, 4.69) is 0 Å². The van der Waals surface area contributed by atoms with Crippen LogP contribution in [0.4, 0.5) is 0 Å². The lowest BCUT2D eigenvalue weighted by Gasteiger charge is -2.61. The van der Waals surface area contributed by atoms with Gasteiger partial charge in [0.2, 0.25) is 0 Å². The molecule has 4 heteroatoms. The van der Waals surface area contributed by atoms with Crippen LogP contribution < -0.4 is 0 Å². The lowest BCUT2D eigenvalue weighted by Crippen LogP contribution is -2.70. The molecule has 4 nitrogen and oxygen atoms in total. The first-order valence-corrected chi connectivity index (χ1v) is 7.33. The van der Waals surface area contributed by atoms with Crippen LogP contribution in [0.1, 0.15) is 55.4 Å². The summed E-state index contributed by atoms with van der Waals surface area (Å²) in [5, 5.41) is 0. The Morgan fingerprint density at radius 2 is 1.00 bits per heavy atom. The maximum Gasteiger partial charge on any atom is 0.308 e. The van der Waals surface area contributed by atoms with E-state index in [-0.39, 0.29) is 46.8 Å². The molecule has 0 amide bonds. The molecule has 1 fully saturated rings. The first kappa shape index (κ1) is 17.0. The Kier molecular flexibility index (Phi) is 4.57. The fourth-order valence-corrected chi connectivity index (χ4v) is 3.21. The van der Waals surface area contributed by atoms with Crippen LogP contribution in [0.3, 0.4) is 0 Å². The molecule has 0 aromatic carbocycles. The number of carbonyl (C=O) groups is 2. The number of hydrogen-bond donors (Lipinski definition) is 0. The van der Waals surface area contributed by atoms with Gasteiger partial charge in [0.1, 0.15) is 12.2 Å². The number of ether oxygens (including phenoxy) is 2. The first-order valence-electron chi connectivity index (χ1n) is 7.33. The molecule has 1 aliphatic carbocycles. The number of hydrogen-bond acceptors (Lipinski definition) is 4. The molecule has 0 N–H and O–H groups in total. The maximum atomic E-state index is 11.8. The van der Waals surface area contributed by atoms with E-state index in [1.54, 1.807) is 0 Å². The molecule has 1 rings (SSSR count). The molecule has 0 unspecified atom stereocenters. The third-order valence-corrected chi connectivity index (χ3v) is 4.11. The van der Waals surface area contributed by atoms with Crippen LogP contribution in [0.25, 0.3) is 0 Å². The predicted octanol–water partition coefficient (Wildman–Crippen LogP) is 3.19. The Morgan fingerprint density at radius 3 is 1.20 bits per heavy atom. The van der Waals surface area contributed by atoms with Crippen LogP contribution in [0.15, 0.2) is 0 Å². The van der Waals surface area contributed by atoms with Gasteiger partial charge in [0.15, 0.2) is 0 Å². The van der Waals surface area contributed by atoms with Crippen molar-refractivity contribution in [1.82, 2.24) is 0 Å². The summed E-state index contributed by atoms with van der Waals surface area (Å²) in [5.41, 5.74) is -0.725. The summed E-state index contributed by atoms with van der Waals surface area (Å²) in [6, 6.07) is 0. The molecular formula is C16H28O4. The van der Waals surface area contributed by atoms with Crippen molar-refractivity contribution in [3.05, 3.63) is 0 Å². The Bertz CT molecular complexity index is 343. The van der Waals surface area contributed by atoms with Gasteiger partial charge in [0.25, 0.3) is 0 Å².